The highest BCUT2D eigenvalue weighted by Gasteiger charge is 2.48. The Kier molecular flexibility index (Phi) is 6.40. The molecule has 3 atom stereocenters. The van der Waals surface area contributed by atoms with Gasteiger partial charge in [-0.15, -0.1) is 0 Å². The van der Waals surface area contributed by atoms with Crippen LogP contribution in [-0.2, 0) is 16.0 Å². The molecule has 0 spiro atoms. The average Bonchev–Trinajstić information content (AvgIpc) is 3.17. The van der Waals surface area contributed by atoms with Crippen LogP contribution in [0.2, 0.25) is 0 Å². The molecule has 158 valence electrons. The van der Waals surface area contributed by atoms with Crippen molar-refractivity contribution < 1.29 is 14.0 Å². The number of morpholine rings is 1. The van der Waals surface area contributed by atoms with Crippen molar-refractivity contribution in [1.29, 1.82) is 0 Å². The van der Waals surface area contributed by atoms with Crippen molar-refractivity contribution >= 4 is 0 Å². The van der Waals surface area contributed by atoms with E-state index in [2.05, 4.69) is 34.9 Å². The van der Waals surface area contributed by atoms with Crippen LogP contribution in [0.25, 0.3) is 0 Å². The van der Waals surface area contributed by atoms with Crippen molar-refractivity contribution in [3.63, 3.8) is 0 Å². The van der Waals surface area contributed by atoms with Gasteiger partial charge in [0.25, 0.3) is 0 Å². The molecule has 1 aromatic rings. The van der Waals surface area contributed by atoms with Crippen LogP contribution in [0.4, 0.5) is 0 Å². The molecule has 4 rings (SSSR count). The zero-order valence-electron chi connectivity index (χ0n) is 17.9. The van der Waals surface area contributed by atoms with E-state index in [0.717, 1.165) is 76.0 Å². The topological polar surface area (TPSA) is 51.0 Å². The fraction of sp³-hybridized carbons (Fsp3) is 0.864. The first-order valence-electron chi connectivity index (χ1n) is 11.1. The summed E-state index contributed by atoms with van der Waals surface area (Å²) < 4.78 is 16.9. The number of aromatic nitrogens is 1. The minimum absolute atomic E-state index is 0.288. The molecular formula is C22H37N3O3. The number of fused-ring (bicyclic) bond motifs is 1. The van der Waals surface area contributed by atoms with E-state index >= 15 is 0 Å². The van der Waals surface area contributed by atoms with E-state index in [4.69, 9.17) is 14.0 Å². The largest absolute Gasteiger partial charge is 0.384 e. The fourth-order valence-electron chi connectivity index (χ4n) is 5.68. The third-order valence-corrected chi connectivity index (χ3v) is 7.27. The van der Waals surface area contributed by atoms with Crippen molar-refractivity contribution in [3.8, 4) is 0 Å². The summed E-state index contributed by atoms with van der Waals surface area (Å²) in [5.74, 6) is 2.17. The number of ether oxygens (including phenoxy) is 2. The fourth-order valence-corrected chi connectivity index (χ4v) is 5.68. The number of methoxy groups -OCH3 is 1. The van der Waals surface area contributed by atoms with Crippen LogP contribution in [0.5, 0.6) is 0 Å². The highest BCUT2D eigenvalue weighted by atomic mass is 16.5. The lowest BCUT2D eigenvalue weighted by molar-refractivity contribution is -0.0880. The Balaban J connectivity index is 1.40. The van der Waals surface area contributed by atoms with Gasteiger partial charge in [0.1, 0.15) is 0 Å². The van der Waals surface area contributed by atoms with Gasteiger partial charge in [-0.05, 0) is 44.1 Å². The third kappa shape index (κ3) is 4.30. The summed E-state index contributed by atoms with van der Waals surface area (Å²) >= 11 is 0. The molecule has 0 unspecified atom stereocenters. The predicted molar refractivity (Wildman–Crippen MR) is 108 cm³/mol. The summed E-state index contributed by atoms with van der Waals surface area (Å²) in [5, 5.41) is 4.24. The summed E-state index contributed by atoms with van der Waals surface area (Å²) in [5.41, 5.74) is 1.35. The summed E-state index contributed by atoms with van der Waals surface area (Å²) in [7, 11) is 1.87. The van der Waals surface area contributed by atoms with Crippen molar-refractivity contribution in [2.45, 2.75) is 58.0 Å². The van der Waals surface area contributed by atoms with Gasteiger partial charge in [0, 0.05) is 44.3 Å². The maximum atomic E-state index is 5.76. The van der Waals surface area contributed by atoms with Gasteiger partial charge in [0.05, 0.1) is 32.1 Å². The molecule has 0 N–H and O–H groups in total. The lowest BCUT2D eigenvalue weighted by Gasteiger charge is -2.54. The van der Waals surface area contributed by atoms with Gasteiger partial charge < -0.3 is 14.0 Å². The minimum atomic E-state index is 0.288. The number of piperidine rings is 1. The van der Waals surface area contributed by atoms with Gasteiger partial charge in [0.2, 0.25) is 0 Å². The van der Waals surface area contributed by atoms with Crippen LogP contribution in [0, 0.1) is 11.3 Å². The molecular weight excluding hydrogens is 354 g/mol. The molecule has 3 aliphatic rings. The normalized spacial score (nSPS) is 32.6. The van der Waals surface area contributed by atoms with E-state index in [1.807, 2.05) is 7.11 Å². The van der Waals surface area contributed by atoms with Crippen LogP contribution in [0.15, 0.2) is 10.6 Å². The summed E-state index contributed by atoms with van der Waals surface area (Å²) in [4.78, 5) is 5.24. The number of hydrogen-bond acceptors (Lipinski definition) is 6. The first kappa shape index (κ1) is 20.3. The Bertz CT molecular complexity index is 628. The molecule has 0 bridgehead atoms. The van der Waals surface area contributed by atoms with E-state index < -0.39 is 0 Å². The minimum Gasteiger partial charge on any atom is -0.384 e. The SMILES string of the molecule is COC[C@]12CC[C@H](N3CCOCC3)C[C@@H]1CCN(Cc1cc(C(C)C)no1)C2. The quantitative estimate of drug-likeness (QED) is 0.743. The molecule has 6 heteroatoms. The highest BCUT2D eigenvalue weighted by molar-refractivity contribution is 5.09. The van der Waals surface area contributed by atoms with Crippen LogP contribution in [0.3, 0.4) is 0 Å². The number of nitrogens with zero attached hydrogens (tertiary/aromatic N) is 3. The molecule has 28 heavy (non-hydrogen) atoms. The van der Waals surface area contributed by atoms with Crippen molar-refractivity contribution in [2.75, 3.05) is 53.1 Å². The molecule has 1 aliphatic carbocycles. The van der Waals surface area contributed by atoms with Crippen LogP contribution in [0.1, 0.15) is 56.9 Å². The van der Waals surface area contributed by atoms with Gasteiger partial charge in [-0.2, -0.15) is 0 Å². The lowest BCUT2D eigenvalue weighted by atomic mass is 9.62. The van der Waals surface area contributed by atoms with Crippen LogP contribution in [-0.4, -0.2) is 74.1 Å². The van der Waals surface area contributed by atoms with E-state index in [-0.39, 0.29) is 5.41 Å². The summed E-state index contributed by atoms with van der Waals surface area (Å²) in [6.07, 6.45) is 5.12. The van der Waals surface area contributed by atoms with Crippen molar-refractivity contribution in [3.05, 3.63) is 17.5 Å². The first-order chi connectivity index (χ1) is 13.6. The second-order valence-corrected chi connectivity index (χ2v) is 9.44. The molecule has 2 saturated heterocycles. The second kappa shape index (κ2) is 8.82. The molecule has 1 saturated carbocycles. The van der Waals surface area contributed by atoms with Crippen molar-refractivity contribution in [2.24, 2.45) is 11.3 Å². The van der Waals surface area contributed by atoms with Crippen LogP contribution >= 0.6 is 0 Å². The third-order valence-electron chi connectivity index (χ3n) is 7.27. The zero-order chi connectivity index (χ0) is 19.6. The van der Waals surface area contributed by atoms with Gasteiger partial charge in [-0.3, -0.25) is 9.80 Å². The number of rotatable bonds is 6. The molecule has 6 nitrogen and oxygen atoms in total. The molecule has 2 aliphatic heterocycles. The van der Waals surface area contributed by atoms with Gasteiger partial charge in [0.15, 0.2) is 5.76 Å². The predicted octanol–water partition coefficient (Wildman–Crippen LogP) is 3.14. The number of likely N-dealkylation sites (tertiary alicyclic amines) is 1. The molecule has 3 heterocycles. The van der Waals surface area contributed by atoms with Gasteiger partial charge in [-0.25, -0.2) is 0 Å². The van der Waals surface area contributed by atoms with E-state index in [9.17, 15) is 0 Å². The Morgan fingerprint density at radius 1 is 1.25 bits per heavy atom. The van der Waals surface area contributed by atoms with Gasteiger partial charge in [-0.1, -0.05) is 19.0 Å². The maximum Gasteiger partial charge on any atom is 0.150 e. The lowest BCUT2D eigenvalue weighted by Crippen LogP contribution is -2.56. The summed E-state index contributed by atoms with van der Waals surface area (Å²) in [6, 6.07) is 2.86. The number of hydrogen-bond donors (Lipinski definition) is 0. The smallest absolute Gasteiger partial charge is 0.150 e. The Morgan fingerprint density at radius 2 is 2.07 bits per heavy atom. The molecule has 1 aromatic heterocycles. The highest BCUT2D eigenvalue weighted by Crippen LogP contribution is 2.48. The van der Waals surface area contributed by atoms with E-state index in [1.54, 1.807) is 0 Å². The average molecular weight is 392 g/mol. The molecule has 3 fully saturated rings. The molecule has 0 radical (unpaired) electrons. The first-order valence-corrected chi connectivity index (χ1v) is 11.1. The second-order valence-electron chi connectivity index (χ2n) is 9.44. The maximum absolute atomic E-state index is 5.76. The van der Waals surface area contributed by atoms with E-state index in [0.29, 0.717) is 5.92 Å². The molecule has 0 amide bonds. The standard InChI is InChI=1S/C22H37N3O3/c1-17(2)21-13-20(28-23-21)14-24-7-5-18-12-19(25-8-10-27-11-9-25)4-6-22(18,15-24)16-26-3/h13,17-19H,4-12,14-16H2,1-3H3/t18-,19-,22+/m0/s1. The van der Waals surface area contributed by atoms with Gasteiger partial charge >= 0.3 is 0 Å². The monoisotopic (exact) mass is 391 g/mol. The zero-order valence-corrected chi connectivity index (χ0v) is 17.9. The summed E-state index contributed by atoms with van der Waals surface area (Å²) in [6.45, 7) is 12.3. The Hall–Kier alpha value is -0.950. The Morgan fingerprint density at radius 3 is 2.79 bits per heavy atom. The molecule has 0 aromatic carbocycles. The van der Waals surface area contributed by atoms with E-state index in [1.165, 1.54) is 25.7 Å². The van der Waals surface area contributed by atoms with Crippen molar-refractivity contribution in [1.82, 2.24) is 15.0 Å². The Labute approximate surface area is 169 Å². The van der Waals surface area contributed by atoms with Crippen LogP contribution < -0.4 is 0 Å².